The van der Waals surface area contributed by atoms with E-state index in [1.54, 1.807) is 0 Å². The van der Waals surface area contributed by atoms with Crippen LogP contribution >= 0.6 is 0 Å². The highest BCUT2D eigenvalue weighted by Gasteiger charge is 2.24. The van der Waals surface area contributed by atoms with E-state index in [-0.39, 0.29) is 0 Å². The lowest BCUT2D eigenvalue weighted by molar-refractivity contribution is 0.0697. The number of hydrogen-bond donors (Lipinski definition) is 1. The average Bonchev–Trinajstić information content (AvgIpc) is 2.83. The highest BCUT2D eigenvalue weighted by atomic mass is 16.5. The summed E-state index contributed by atoms with van der Waals surface area (Å²) in [5.74, 6) is -0.0710. The van der Waals surface area contributed by atoms with E-state index in [4.69, 9.17) is 9.72 Å². The predicted molar refractivity (Wildman–Crippen MR) is 127 cm³/mol. The van der Waals surface area contributed by atoms with Crippen molar-refractivity contribution >= 4 is 28.5 Å². The summed E-state index contributed by atoms with van der Waals surface area (Å²) in [5.41, 5.74) is 6.03. The average molecular weight is 421 g/mol. The molecule has 32 heavy (non-hydrogen) atoms. The first-order valence-corrected chi connectivity index (χ1v) is 10.8. The van der Waals surface area contributed by atoms with E-state index in [0.717, 1.165) is 58.5 Å². The Morgan fingerprint density at radius 1 is 0.938 bits per heavy atom. The maximum atomic E-state index is 12.1. The van der Waals surface area contributed by atoms with Crippen molar-refractivity contribution < 1.29 is 14.6 Å². The van der Waals surface area contributed by atoms with Crippen molar-refractivity contribution in [3.8, 4) is 5.75 Å². The highest BCUT2D eigenvalue weighted by molar-refractivity contribution is 6.05. The number of pyridine rings is 1. The number of ether oxygens (including phenoxy) is 1. The number of para-hydroxylation sites is 1. The van der Waals surface area contributed by atoms with Crippen LogP contribution < -0.4 is 4.74 Å². The Hall–Kier alpha value is -3.92. The molecule has 0 spiro atoms. The van der Waals surface area contributed by atoms with Gasteiger partial charge in [-0.3, -0.25) is 0 Å². The summed E-state index contributed by atoms with van der Waals surface area (Å²) in [5, 5.41) is 10.6. The van der Waals surface area contributed by atoms with Crippen LogP contribution in [0, 0.1) is 0 Å². The molecular weight excluding hydrogens is 398 g/mol. The minimum Gasteiger partial charge on any atom is -0.489 e. The molecule has 0 atom stereocenters. The SMILES string of the molecule is O=C(O)c1c2c(nc3ccccc13)C(=Cc1ccc(OCc3ccccc3)cc1)CCC2. The zero-order valence-corrected chi connectivity index (χ0v) is 17.6. The summed E-state index contributed by atoms with van der Waals surface area (Å²) in [6.45, 7) is 0.531. The van der Waals surface area contributed by atoms with Gasteiger partial charge >= 0.3 is 5.97 Å². The number of aromatic nitrogens is 1. The van der Waals surface area contributed by atoms with E-state index in [1.165, 1.54) is 0 Å². The van der Waals surface area contributed by atoms with E-state index in [9.17, 15) is 9.90 Å². The Labute approximate surface area is 186 Å². The molecule has 1 aliphatic rings. The lowest BCUT2D eigenvalue weighted by Crippen LogP contribution is -2.13. The summed E-state index contributed by atoms with van der Waals surface area (Å²) in [4.78, 5) is 17.0. The van der Waals surface area contributed by atoms with Gasteiger partial charge < -0.3 is 9.84 Å². The van der Waals surface area contributed by atoms with Crippen LogP contribution in [0.5, 0.6) is 5.75 Å². The van der Waals surface area contributed by atoms with E-state index < -0.39 is 5.97 Å². The Morgan fingerprint density at radius 3 is 2.47 bits per heavy atom. The molecule has 158 valence electrons. The Bertz CT molecular complexity index is 1310. The summed E-state index contributed by atoms with van der Waals surface area (Å²) in [6, 6.07) is 25.6. The molecule has 4 aromatic rings. The lowest BCUT2D eigenvalue weighted by atomic mass is 9.86. The molecular formula is C28H23NO3. The molecule has 0 amide bonds. The van der Waals surface area contributed by atoms with Crippen LogP contribution in [0.2, 0.25) is 0 Å². The molecule has 0 aliphatic heterocycles. The number of benzene rings is 3. The number of allylic oxidation sites excluding steroid dienone is 1. The van der Waals surface area contributed by atoms with Crippen molar-refractivity contribution in [1.29, 1.82) is 0 Å². The molecule has 0 saturated carbocycles. The third kappa shape index (κ3) is 4.00. The number of nitrogens with zero attached hydrogens (tertiary/aromatic N) is 1. The maximum absolute atomic E-state index is 12.1. The number of carboxylic acids is 1. The summed E-state index contributed by atoms with van der Waals surface area (Å²) in [7, 11) is 0. The molecule has 0 radical (unpaired) electrons. The monoisotopic (exact) mass is 421 g/mol. The van der Waals surface area contributed by atoms with Crippen LogP contribution in [0.15, 0.2) is 78.9 Å². The number of hydrogen-bond acceptors (Lipinski definition) is 3. The largest absolute Gasteiger partial charge is 0.489 e. The number of carboxylic acid groups (broad SMARTS) is 1. The molecule has 1 heterocycles. The van der Waals surface area contributed by atoms with Gasteiger partial charge in [-0.25, -0.2) is 9.78 Å². The first-order valence-electron chi connectivity index (χ1n) is 10.8. The molecule has 4 heteroatoms. The Balaban J connectivity index is 1.45. The second-order valence-electron chi connectivity index (χ2n) is 8.00. The van der Waals surface area contributed by atoms with Crippen LogP contribution in [-0.4, -0.2) is 16.1 Å². The third-order valence-electron chi connectivity index (χ3n) is 5.85. The minimum absolute atomic E-state index is 0.390. The standard InChI is InChI=1S/C28H23NO3/c30-28(31)26-23-10-4-5-12-25(23)29-27-21(9-6-11-24(26)27)17-19-13-15-22(16-14-19)32-18-20-7-2-1-3-8-20/h1-5,7-8,10,12-17H,6,9,11,18H2,(H,30,31). The first kappa shape index (κ1) is 20.0. The molecule has 0 saturated heterocycles. The van der Waals surface area contributed by atoms with Gasteiger partial charge in [-0.1, -0.05) is 60.7 Å². The van der Waals surface area contributed by atoms with Gasteiger partial charge in [0.15, 0.2) is 0 Å². The van der Waals surface area contributed by atoms with Crippen LogP contribution in [0.1, 0.15) is 45.6 Å². The first-order chi connectivity index (χ1) is 15.7. The normalized spacial score (nSPS) is 14.3. The van der Waals surface area contributed by atoms with Crippen molar-refractivity contribution in [3.05, 3.63) is 107 Å². The second-order valence-corrected chi connectivity index (χ2v) is 8.00. The molecule has 4 nitrogen and oxygen atoms in total. The fourth-order valence-corrected chi connectivity index (χ4v) is 4.32. The van der Waals surface area contributed by atoms with Crippen LogP contribution in [-0.2, 0) is 13.0 Å². The molecule has 0 fully saturated rings. The molecule has 0 unspecified atom stereocenters. The molecule has 1 N–H and O–H groups in total. The fourth-order valence-electron chi connectivity index (χ4n) is 4.32. The number of fused-ring (bicyclic) bond motifs is 2. The van der Waals surface area contributed by atoms with Crippen LogP contribution in [0.4, 0.5) is 0 Å². The highest BCUT2D eigenvalue weighted by Crippen LogP contribution is 2.36. The van der Waals surface area contributed by atoms with Crippen LogP contribution in [0.25, 0.3) is 22.6 Å². The number of carbonyl (C=O) groups is 1. The Kier molecular flexibility index (Phi) is 5.42. The van der Waals surface area contributed by atoms with Gasteiger partial charge in [0.1, 0.15) is 12.4 Å². The zero-order valence-electron chi connectivity index (χ0n) is 17.6. The van der Waals surface area contributed by atoms with E-state index in [1.807, 2.05) is 78.9 Å². The summed E-state index contributed by atoms with van der Waals surface area (Å²) < 4.78 is 5.89. The smallest absolute Gasteiger partial charge is 0.336 e. The van der Waals surface area contributed by atoms with Crippen molar-refractivity contribution in [3.63, 3.8) is 0 Å². The Morgan fingerprint density at radius 2 is 1.69 bits per heavy atom. The lowest BCUT2D eigenvalue weighted by Gasteiger charge is -2.21. The second kappa shape index (κ2) is 8.67. The fraction of sp³-hybridized carbons (Fsp3) is 0.143. The van der Waals surface area contributed by atoms with Crippen molar-refractivity contribution in [2.45, 2.75) is 25.9 Å². The van der Waals surface area contributed by atoms with Crippen molar-refractivity contribution in [2.24, 2.45) is 0 Å². The van der Waals surface area contributed by atoms with Gasteiger partial charge in [0.2, 0.25) is 0 Å². The number of aromatic carboxylic acids is 1. The predicted octanol–water partition coefficient (Wildman–Crippen LogP) is 6.39. The molecule has 0 bridgehead atoms. The summed E-state index contributed by atoms with van der Waals surface area (Å²) in [6.07, 6.45) is 4.64. The molecule has 5 rings (SSSR count). The number of rotatable bonds is 5. The van der Waals surface area contributed by atoms with Crippen LogP contribution in [0.3, 0.4) is 0 Å². The van der Waals surface area contributed by atoms with Crippen molar-refractivity contribution in [1.82, 2.24) is 4.98 Å². The minimum atomic E-state index is -0.888. The summed E-state index contributed by atoms with van der Waals surface area (Å²) >= 11 is 0. The maximum Gasteiger partial charge on any atom is 0.336 e. The van der Waals surface area contributed by atoms with Gasteiger partial charge in [0.05, 0.1) is 16.8 Å². The molecule has 1 aromatic heterocycles. The van der Waals surface area contributed by atoms with Gasteiger partial charge in [0, 0.05) is 5.39 Å². The van der Waals surface area contributed by atoms with Gasteiger partial charge in [-0.15, -0.1) is 0 Å². The van der Waals surface area contributed by atoms with Gasteiger partial charge in [-0.05, 0) is 65.8 Å². The van der Waals surface area contributed by atoms with E-state index in [0.29, 0.717) is 17.6 Å². The van der Waals surface area contributed by atoms with Crippen molar-refractivity contribution in [2.75, 3.05) is 0 Å². The van der Waals surface area contributed by atoms with Gasteiger partial charge in [-0.2, -0.15) is 0 Å². The quantitative estimate of drug-likeness (QED) is 0.406. The topological polar surface area (TPSA) is 59.4 Å². The molecule has 1 aliphatic carbocycles. The third-order valence-corrected chi connectivity index (χ3v) is 5.85. The molecule has 3 aromatic carbocycles. The van der Waals surface area contributed by atoms with E-state index in [2.05, 4.69) is 6.08 Å². The zero-order chi connectivity index (χ0) is 21.9. The van der Waals surface area contributed by atoms with E-state index >= 15 is 0 Å². The van der Waals surface area contributed by atoms with Gasteiger partial charge in [0.25, 0.3) is 0 Å².